The van der Waals surface area contributed by atoms with E-state index in [0.717, 1.165) is 18.5 Å². The van der Waals surface area contributed by atoms with Crippen molar-refractivity contribution in [3.05, 3.63) is 29.8 Å². The fraction of sp³-hybridized carbons (Fsp3) is 0.385. The largest absolute Gasteiger partial charge is 0.480 e. The highest BCUT2D eigenvalue weighted by molar-refractivity contribution is 5.96. The van der Waals surface area contributed by atoms with Crippen LogP contribution in [0.4, 0.5) is 4.39 Å². The molecule has 7 nitrogen and oxygen atoms in total. The number of aromatic nitrogens is 1. The molecule has 2 N–H and O–H groups in total. The summed E-state index contributed by atoms with van der Waals surface area (Å²) in [4.78, 5) is 37.5. The highest BCUT2D eigenvalue weighted by atomic mass is 19.1. The van der Waals surface area contributed by atoms with Crippen LogP contribution in [-0.4, -0.2) is 40.6 Å². The molecule has 0 unspecified atom stereocenters. The molecule has 21 heavy (non-hydrogen) atoms. The first-order chi connectivity index (χ1) is 9.93. The van der Waals surface area contributed by atoms with Gasteiger partial charge < -0.3 is 15.2 Å². The van der Waals surface area contributed by atoms with E-state index in [2.05, 4.69) is 15.0 Å². The minimum atomic E-state index is -1.29. The SMILES string of the molecule is CCOC(=O)CC[C@H](NC(=O)c1cncc(F)c1)C(=O)O. The third-order valence-electron chi connectivity index (χ3n) is 2.51. The van der Waals surface area contributed by atoms with Crippen LogP contribution < -0.4 is 5.32 Å². The number of nitrogens with one attached hydrogen (secondary N) is 1. The van der Waals surface area contributed by atoms with Gasteiger partial charge in [-0.05, 0) is 19.4 Å². The maximum absolute atomic E-state index is 12.9. The summed E-state index contributed by atoms with van der Waals surface area (Å²) in [6, 6.07) is -0.336. The van der Waals surface area contributed by atoms with Crippen molar-refractivity contribution in [1.82, 2.24) is 10.3 Å². The fourth-order valence-electron chi connectivity index (χ4n) is 1.53. The van der Waals surface area contributed by atoms with Crippen molar-refractivity contribution < 1.29 is 28.6 Å². The van der Waals surface area contributed by atoms with Gasteiger partial charge in [0.2, 0.25) is 0 Å². The topological polar surface area (TPSA) is 106 Å². The van der Waals surface area contributed by atoms with Crippen molar-refractivity contribution in [3.8, 4) is 0 Å². The van der Waals surface area contributed by atoms with Gasteiger partial charge in [-0.25, -0.2) is 9.18 Å². The standard InChI is InChI=1S/C13H15FN2O5/c1-2-21-11(17)4-3-10(13(19)20)16-12(18)8-5-9(14)7-15-6-8/h5-7,10H,2-4H2,1H3,(H,16,18)(H,19,20)/t10-/m0/s1. The molecular weight excluding hydrogens is 283 g/mol. The van der Waals surface area contributed by atoms with Gasteiger partial charge in [0, 0.05) is 12.6 Å². The molecule has 0 fully saturated rings. The van der Waals surface area contributed by atoms with Crippen LogP contribution in [0.5, 0.6) is 0 Å². The lowest BCUT2D eigenvalue weighted by Crippen LogP contribution is -2.41. The molecular formula is C13H15FN2O5. The van der Waals surface area contributed by atoms with Gasteiger partial charge in [0.15, 0.2) is 0 Å². The number of aliphatic carboxylic acids is 1. The van der Waals surface area contributed by atoms with Crippen LogP contribution in [0.15, 0.2) is 18.5 Å². The minimum absolute atomic E-state index is 0.0996. The third kappa shape index (κ3) is 5.55. The Hall–Kier alpha value is -2.51. The number of hydrogen-bond acceptors (Lipinski definition) is 5. The van der Waals surface area contributed by atoms with Crippen molar-refractivity contribution >= 4 is 17.8 Å². The highest BCUT2D eigenvalue weighted by Crippen LogP contribution is 2.04. The second kappa shape index (κ2) is 7.93. The van der Waals surface area contributed by atoms with Crippen LogP contribution in [0.1, 0.15) is 30.1 Å². The molecule has 0 aromatic carbocycles. The number of rotatable bonds is 7. The number of amides is 1. The van der Waals surface area contributed by atoms with Crippen molar-refractivity contribution in [3.63, 3.8) is 0 Å². The van der Waals surface area contributed by atoms with E-state index in [1.165, 1.54) is 0 Å². The predicted octanol–water partition coefficient (Wildman–Crippen LogP) is 0.747. The predicted molar refractivity (Wildman–Crippen MR) is 69.0 cm³/mol. The number of esters is 1. The summed E-state index contributed by atoms with van der Waals surface area (Å²) in [5.74, 6) is -3.33. The summed E-state index contributed by atoms with van der Waals surface area (Å²) in [7, 11) is 0. The van der Waals surface area contributed by atoms with Gasteiger partial charge in [-0.3, -0.25) is 14.6 Å². The Kier molecular flexibility index (Phi) is 6.25. The van der Waals surface area contributed by atoms with Gasteiger partial charge in [0.25, 0.3) is 5.91 Å². The molecule has 0 aliphatic rings. The zero-order valence-corrected chi connectivity index (χ0v) is 11.3. The zero-order chi connectivity index (χ0) is 15.8. The molecule has 1 aromatic rings. The Balaban J connectivity index is 2.64. The molecule has 1 rings (SSSR count). The maximum Gasteiger partial charge on any atom is 0.326 e. The Morgan fingerprint density at radius 1 is 1.43 bits per heavy atom. The molecule has 0 saturated heterocycles. The number of ether oxygens (including phenoxy) is 1. The van der Waals surface area contributed by atoms with Gasteiger partial charge in [-0.2, -0.15) is 0 Å². The summed E-state index contributed by atoms with van der Waals surface area (Å²) in [6.07, 6.45) is 1.77. The van der Waals surface area contributed by atoms with Gasteiger partial charge in [-0.15, -0.1) is 0 Å². The summed E-state index contributed by atoms with van der Waals surface area (Å²) in [6.45, 7) is 1.82. The first-order valence-electron chi connectivity index (χ1n) is 6.24. The monoisotopic (exact) mass is 298 g/mol. The van der Waals surface area contributed by atoms with Gasteiger partial charge in [-0.1, -0.05) is 0 Å². The molecule has 8 heteroatoms. The molecule has 0 bridgehead atoms. The minimum Gasteiger partial charge on any atom is -0.480 e. The number of carbonyl (C=O) groups excluding carboxylic acids is 2. The van der Waals surface area contributed by atoms with Crippen LogP contribution in [0, 0.1) is 5.82 Å². The summed E-state index contributed by atoms with van der Waals surface area (Å²) < 4.78 is 17.6. The summed E-state index contributed by atoms with van der Waals surface area (Å²) in [5, 5.41) is 11.2. The van der Waals surface area contributed by atoms with Crippen molar-refractivity contribution in [2.24, 2.45) is 0 Å². The van der Waals surface area contributed by atoms with E-state index in [1.54, 1.807) is 6.92 Å². The van der Waals surface area contributed by atoms with Gasteiger partial charge in [0.1, 0.15) is 11.9 Å². The number of carbonyl (C=O) groups is 3. The van der Waals surface area contributed by atoms with Gasteiger partial charge >= 0.3 is 11.9 Å². The highest BCUT2D eigenvalue weighted by Gasteiger charge is 2.22. The van der Waals surface area contributed by atoms with Crippen LogP contribution >= 0.6 is 0 Å². The fourth-order valence-corrected chi connectivity index (χ4v) is 1.53. The summed E-state index contributed by atoms with van der Waals surface area (Å²) in [5.41, 5.74) is -0.0996. The van der Waals surface area contributed by atoms with Crippen LogP contribution in [-0.2, 0) is 14.3 Å². The zero-order valence-electron chi connectivity index (χ0n) is 11.3. The number of halogens is 1. The number of pyridine rings is 1. The number of nitrogens with zero attached hydrogens (tertiary/aromatic N) is 1. The van der Waals surface area contributed by atoms with Crippen molar-refractivity contribution in [2.75, 3.05) is 6.61 Å². The lowest BCUT2D eigenvalue weighted by atomic mass is 10.1. The second-order valence-corrected chi connectivity index (χ2v) is 4.10. The van der Waals surface area contributed by atoms with Crippen LogP contribution in [0.2, 0.25) is 0 Å². The van der Waals surface area contributed by atoms with E-state index in [0.29, 0.717) is 0 Å². The Morgan fingerprint density at radius 3 is 2.71 bits per heavy atom. The molecule has 0 saturated carbocycles. The number of carboxylic acids is 1. The van der Waals surface area contributed by atoms with Gasteiger partial charge in [0.05, 0.1) is 18.4 Å². The van der Waals surface area contributed by atoms with E-state index in [-0.39, 0.29) is 25.0 Å². The normalized spacial score (nSPS) is 11.5. The van der Waals surface area contributed by atoms with Crippen LogP contribution in [0.3, 0.4) is 0 Å². The molecule has 114 valence electrons. The maximum atomic E-state index is 12.9. The van der Waals surface area contributed by atoms with E-state index >= 15 is 0 Å². The molecule has 1 heterocycles. The molecule has 0 aliphatic carbocycles. The molecule has 1 aromatic heterocycles. The lowest BCUT2D eigenvalue weighted by Gasteiger charge is -2.14. The van der Waals surface area contributed by atoms with E-state index in [1.807, 2.05) is 0 Å². The van der Waals surface area contributed by atoms with E-state index in [4.69, 9.17) is 5.11 Å². The average molecular weight is 298 g/mol. The molecule has 1 atom stereocenters. The van der Waals surface area contributed by atoms with Crippen LogP contribution in [0.25, 0.3) is 0 Å². The van der Waals surface area contributed by atoms with E-state index in [9.17, 15) is 18.8 Å². The third-order valence-corrected chi connectivity index (χ3v) is 2.51. The quantitative estimate of drug-likeness (QED) is 0.719. The molecule has 1 amide bonds. The molecule has 0 radical (unpaired) electrons. The van der Waals surface area contributed by atoms with E-state index < -0.39 is 29.7 Å². The lowest BCUT2D eigenvalue weighted by molar-refractivity contribution is -0.144. The molecule has 0 aliphatic heterocycles. The first-order valence-corrected chi connectivity index (χ1v) is 6.24. The second-order valence-electron chi connectivity index (χ2n) is 4.10. The Labute approximate surface area is 120 Å². The number of carboxylic acid groups (broad SMARTS) is 1. The summed E-state index contributed by atoms with van der Waals surface area (Å²) >= 11 is 0. The Bertz CT molecular complexity index is 535. The van der Waals surface area contributed by atoms with Crippen molar-refractivity contribution in [1.29, 1.82) is 0 Å². The Morgan fingerprint density at radius 2 is 2.14 bits per heavy atom. The average Bonchev–Trinajstić information content (AvgIpc) is 2.43. The smallest absolute Gasteiger partial charge is 0.326 e. The number of hydrogen-bond donors (Lipinski definition) is 2. The first kappa shape index (κ1) is 16.5. The van der Waals surface area contributed by atoms with Crippen molar-refractivity contribution in [2.45, 2.75) is 25.8 Å². The molecule has 0 spiro atoms.